The molecule has 0 aromatic heterocycles. The van der Waals surface area contributed by atoms with Gasteiger partial charge in [0.1, 0.15) is 0 Å². The summed E-state index contributed by atoms with van der Waals surface area (Å²) in [7, 11) is 3.23. The van der Waals surface area contributed by atoms with Gasteiger partial charge in [0.05, 0.1) is 19.6 Å². The van der Waals surface area contributed by atoms with Crippen molar-refractivity contribution in [1.29, 1.82) is 0 Å². The highest BCUT2D eigenvalue weighted by atomic mass is 16.5. The number of hydrogen-bond acceptors (Lipinski definition) is 4. The number of likely N-dealkylation sites (N-methyl/N-ethyl adjacent to an activating group) is 1. The van der Waals surface area contributed by atoms with Crippen LogP contribution in [0.1, 0.15) is 12.5 Å². The van der Waals surface area contributed by atoms with Gasteiger partial charge < -0.3 is 9.64 Å². The van der Waals surface area contributed by atoms with E-state index in [1.165, 1.54) is 12.7 Å². The molecule has 1 aliphatic rings. The summed E-state index contributed by atoms with van der Waals surface area (Å²) in [4.78, 5) is 27.5. The summed E-state index contributed by atoms with van der Waals surface area (Å²) < 4.78 is 4.70. The summed E-state index contributed by atoms with van der Waals surface area (Å²) >= 11 is 0. The normalized spacial score (nSPS) is 15.0. The number of carbonyl (C=O) groups excluding carboxylic acids is 2. The number of fused-ring (bicyclic) bond motifs is 1. The van der Waals surface area contributed by atoms with E-state index in [1.807, 2.05) is 35.0 Å². The first-order valence-corrected chi connectivity index (χ1v) is 7.17. The number of methoxy groups -OCH3 is 1. The molecular weight excluding hydrogens is 268 g/mol. The van der Waals surface area contributed by atoms with Crippen LogP contribution in [0, 0.1) is 5.92 Å². The van der Waals surface area contributed by atoms with Crippen LogP contribution in [0.25, 0.3) is 0 Å². The molecule has 0 spiro atoms. The molecule has 1 aromatic rings. The topological polar surface area (TPSA) is 49.9 Å². The standard InChI is InChI=1S/C16H22N2O3/c1-12(16(20)21-3)10-17(2)11-15(19)18-9-8-13-6-4-5-7-14(13)18/h4-7,12H,8-11H2,1-3H3. The van der Waals surface area contributed by atoms with Crippen molar-refractivity contribution in [1.82, 2.24) is 4.90 Å². The molecule has 114 valence electrons. The Morgan fingerprint density at radius 1 is 1.38 bits per heavy atom. The van der Waals surface area contributed by atoms with Crippen molar-refractivity contribution in [3.05, 3.63) is 29.8 Å². The highest BCUT2D eigenvalue weighted by Gasteiger charge is 2.25. The maximum absolute atomic E-state index is 12.4. The average molecular weight is 290 g/mol. The second-order valence-corrected chi connectivity index (χ2v) is 5.55. The van der Waals surface area contributed by atoms with Gasteiger partial charge in [0.15, 0.2) is 0 Å². The number of ether oxygens (including phenoxy) is 1. The molecule has 2 rings (SSSR count). The fourth-order valence-corrected chi connectivity index (χ4v) is 2.72. The largest absolute Gasteiger partial charge is 0.469 e. The molecule has 0 N–H and O–H groups in total. The van der Waals surface area contributed by atoms with E-state index in [9.17, 15) is 9.59 Å². The van der Waals surface area contributed by atoms with Crippen molar-refractivity contribution in [2.24, 2.45) is 5.92 Å². The number of anilines is 1. The van der Waals surface area contributed by atoms with Crippen LogP contribution in [-0.4, -0.2) is 50.6 Å². The molecule has 0 fully saturated rings. The molecule has 1 unspecified atom stereocenters. The summed E-state index contributed by atoms with van der Waals surface area (Å²) in [5.41, 5.74) is 2.23. The van der Waals surface area contributed by atoms with Gasteiger partial charge in [-0.1, -0.05) is 25.1 Å². The zero-order chi connectivity index (χ0) is 15.4. The number of carbonyl (C=O) groups is 2. The quantitative estimate of drug-likeness (QED) is 0.767. The van der Waals surface area contributed by atoms with E-state index < -0.39 is 0 Å². The highest BCUT2D eigenvalue weighted by Crippen LogP contribution is 2.27. The maximum atomic E-state index is 12.4. The molecule has 0 bridgehead atoms. The van der Waals surface area contributed by atoms with Gasteiger partial charge in [-0.15, -0.1) is 0 Å². The van der Waals surface area contributed by atoms with Crippen molar-refractivity contribution >= 4 is 17.6 Å². The zero-order valence-electron chi connectivity index (χ0n) is 12.8. The highest BCUT2D eigenvalue weighted by molar-refractivity contribution is 5.96. The zero-order valence-corrected chi connectivity index (χ0v) is 12.8. The van der Waals surface area contributed by atoms with Crippen molar-refractivity contribution in [3.8, 4) is 0 Å². The van der Waals surface area contributed by atoms with E-state index in [4.69, 9.17) is 4.74 Å². The molecule has 5 nitrogen and oxygen atoms in total. The van der Waals surface area contributed by atoms with Crippen LogP contribution in [0.4, 0.5) is 5.69 Å². The Hall–Kier alpha value is -1.88. The lowest BCUT2D eigenvalue weighted by Crippen LogP contribution is -2.40. The first kappa shape index (κ1) is 15.5. The fourth-order valence-electron chi connectivity index (χ4n) is 2.72. The lowest BCUT2D eigenvalue weighted by Gasteiger charge is -2.23. The molecule has 0 aliphatic carbocycles. The van der Waals surface area contributed by atoms with Crippen molar-refractivity contribution < 1.29 is 14.3 Å². The lowest BCUT2D eigenvalue weighted by molar-refractivity contribution is -0.145. The van der Waals surface area contributed by atoms with Gasteiger partial charge in [-0.2, -0.15) is 0 Å². The SMILES string of the molecule is COC(=O)C(C)CN(C)CC(=O)N1CCc2ccccc21. The number of para-hydroxylation sites is 1. The summed E-state index contributed by atoms with van der Waals surface area (Å²) in [6, 6.07) is 7.99. The summed E-state index contributed by atoms with van der Waals surface area (Å²) in [5, 5.41) is 0. The molecule has 0 saturated carbocycles. The fraction of sp³-hybridized carbons (Fsp3) is 0.500. The Morgan fingerprint density at radius 3 is 2.81 bits per heavy atom. The van der Waals surface area contributed by atoms with Crippen LogP contribution in [0.15, 0.2) is 24.3 Å². The molecular formula is C16H22N2O3. The summed E-state index contributed by atoms with van der Waals surface area (Å²) in [6.45, 7) is 3.35. The molecule has 1 aromatic carbocycles. The second-order valence-electron chi connectivity index (χ2n) is 5.55. The van der Waals surface area contributed by atoms with E-state index >= 15 is 0 Å². The van der Waals surface area contributed by atoms with Crippen LogP contribution in [0.5, 0.6) is 0 Å². The molecule has 5 heteroatoms. The van der Waals surface area contributed by atoms with E-state index in [2.05, 4.69) is 6.07 Å². The molecule has 1 atom stereocenters. The van der Waals surface area contributed by atoms with Gasteiger partial charge in [0, 0.05) is 18.8 Å². The minimum absolute atomic E-state index is 0.0690. The number of rotatable bonds is 5. The third-order valence-corrected chi connectivity index (χ3v) is 3.78. The predicted molar refractivity (Wildman–Crippen MR) is 81.2 cm³/mol. The van der Waals surface area contributed by atoms with Crippen LogP contribution < -0.4 is 4.90 Å². The van der Waals surface area contributed by atoms with Gasteiger partial charge in [-0.25, -0.2) is 0 Å². The van der Waals surface area contributed by atoms with Gasteiger partial charge in [0.2, 0.25) is 5.91 Å². The second kappa shape index (κ2) is 6.72. The van der Waals surface area contributed by atoms with E-state index in [-0.39, 0.29) is 17.8 Å². The molecule has 1 amide bonds. The monoisotopic (exact) mass is 290 g/mol. The summed E-state index contributed by atoms with van der Waals surface area (Å²) in [6.07, 6.45) is 0.907. The molecule has 0 saturated heterocycles. The number of esters is 1. The van der Waals surface area contributed by atoms with Crippen LogP contribution in [0.3, 0.4) is 0 Å². The van der Waals surface area contributed by atoms with Gasteiger partial charge >= 0.3 is 5.97 Å². The first-order chi connectivity index (χ1) is 10.0. The van der Waals surface area contributed by atoms with E-state index in [1.54, 1.807) is 6.92 Å². The number of benzene rings is 1. The van der Waals surface area contributed by atoms with Gasteiger partial charge in [-0.05, 0) is 25.1 Å². The third-order valence-electron chi connectivity index (χ3n) is 3.78. The Labute approximate surface area is 125 Å². The maximum Gasteiger partial charge on any atom is 0.309 e. The number of hydrogen-bond donors (Lipinski definition) is 0. The van der Waals surface area contributed by atoms with Crippen LogP contribution >= 0.6 is 0 Å². The van der Waals surface area contributed by atoms with Gasteiger partial charge in [-0.3, -0.25) is 14.5 Å². The Bertz CT molecular complexity index is 530. The molecule has 0 radical (unpaired) electrons. The first-order valence-electron chi connectivity index (χ1n) is 7.17. The predicted octanol–water partition coefficient (Wildman–Crippen LogP) is 1.32. The molecule has 1 aliphatic heterocycles. The van der Waals surface area contributed by atoms with E-state index in [0.717, 1.165) is 18.7 Å². The Morgan fingerprint density at radius 2 is 2.10 bits per heavy atom. The lowest BCUT2D eigenvalue weighted by atomic mass is 10.1. The van der Waals surface area contributed by atoms with Gasteiger partial charge in [0.25, 0.3) is 0 Å². The average Bonchev–Trinajstić information content (AvgIpc) is 2.90. The molecule has 21 heavy (non-hydrogen) atoms. The minimum Gasteiger partial charge on any atom is -0.469 e. The summed E-state index contributed by atoms with van der Waals surface area (Å²) in [5.74, 6) is -0.418. The molecule has 1 heterocycles. The smallest absolute Gasteiger partial charge is 0.309 e. The third kappa shape index (κ3) is 3.61. The number of amides is 1. The van der Waals surface area contributed by atoms with Crippen molar-refractivity contribution in [2.45, 2.75) is 13.3 Å². The van der Waals surface area contributed by atoms with Crippen molar-refractivity contribution in [2.75, 3.05) is 38.7 Å². The van der Waals surface area contributed by atoms with Crippen molar-refractivity contribution in [3.63, 3.8) is 0 Å². The van der Waals surface area contributed by atoms with Crippen LogP contribution in [-0.2, 0) is 20.7 Å². The Kier molecular flexibility index (Phi) is 4.96. The van der Waals surface area contributed by atoms with Crippen LogP contribution in [0.2, 0.25) is 0 Å². The number of nitrogens with zero attached hydrogens (tertiary/aromatic N) is 2. The minimum atomic E-state index is -0.249. The Balaban J connectivity index is 1.92. The van der Waals surface area contributed by atoms with E-state index in [0.29, 0.717) is 13.1 Å².